The average Bonchev–Trinajstić information content (AvgIpc) is 0.743. The number of hydrogen-bond acceptors (Lipinski definition) is 24. The van der Waals surface area contributed by atoms with Crippen LogP contribution >= 0.6 is 0 Å². The molecule has 0 spiro atoms. The summed E-state index contributed by atoms with van der Waals surface area (Å²) in [5, 5.41) is 0. The van der Waals surface area contributed by atoms with Gasteiger partial charge < -0.3 is 75.8 Å². The summed E-state index contributed by atoms with van der Waals surface area (Å²) in [7, 11) is 0. The van der Waals surface area contributed by atoms with Gasteiger partial charge in [0.25, 0.3) is 0 Å². The molecule has 0 aromatic heterocycles. The van der Waals surface area contributed by atoms with Gasteiger partial charge in [-0.05, 0) is 216 Å². The molecule has 0 unspecified atom stereocenters. The van der Waals surface area contributed by atoms with E-state index in [1.807, 2.05) is 24.3 Å². The molecule has 0 saturated heterocycles. The Balaban J connectivity index is 2.47. The quantitative estimate of drug-likeness (QED) is 0.0225. The van der Waals surface area contributed by atoms with Gasteiger partial charge in [-0.3, -0.25) is 0 Å². The zero-order valence-corrected chi connectivity index (χ0v) is 91.8. The Bertz CT molecular complexity index is 3660. The molecule has 140 heavy (non-hydrogen) atoms. The average molecular weight is 1960 g/mol. The van der Waals surface area contributed by atoms with E-state index in [0.717, 1.165) is 180 Å². The minimum absolute atomic E-state index is 0.151. The van der Waals surface area contributed by atoms with E-state index in [9.17, 15) is 38.4 Å². The third kappa shape index (κ3) is 49.4. The van der Waals surface area contributed by atoms with E-state index >= 15 is 0 Å². The molecule has 0 N–H and O–H groups in total. The molecule has 0 heterocycles. The van der Waals surface area contributed by atoms with Gasteiger partial charge in [-0.25, -0.2) is 38.4 Å². The van der Waals surface area contributed by atoms with Gasteiger partial charge in [-0.15, -0.1) is 0 Å². The highest BCUT2D eigenvalue weighted by atomic mass is 16.6. The lowest BCUT2D eigenvalue weighted by molar-refractivity contribution is -0.158. The van der Waals surface area contributed by atoms with E-state index in [1.54, 1.807) is 190 Å². The lowest BCUT2D eigenvalue weighted by Gasteiger charge is -2.32. The molecule has 5 rings (SSSR count). The number of carbonyl (C=O) groups is 8. The number of fused-ring (bicyclic) bond motifs is 8. The monoisotopic (exact) mass is 1960 g/mol. The van der Waals surface area contributed by atoms with Crippen LogP contribution in [0.25, 0.3) is 0 Å². The van der Waals surface area contributed by atoms with Crippen LogP contribution in [0.5, 0.6) is 46.0 Å². The summed E-state index contributed by atoms with van der Waals surface area (Å²) in [5.74, 6) is -7.83. The summed E-state index contributed by atoms with van der Waals surface area (Å²) in [6.45, 7) is 46.5. The molecule has 792 valence electrons. The van der Waals surface area contributed by atoms with Gasteiger partial charge in [0.05, 0.1) is 0 Å². The van der Waals surface area contributed by atoms with E-state index in [1.165, 1.54) is 0 Å². The van der Waals surface area contributed by atoms with E-state index in [-0.39, 0.29) is 46.0 Å². The molecule has 24 heteroatoms. The van der Waals surface area contributed by atoms with Crippen molar-refractivity contribution in [1.29, 1.82) is 0 Å². The fourth-order valence-electron chi connectivity index (χ4n) is 17.5. The van der Waals surface area contributed by atoms with Crippen LogP contribution < -0.4 is 37.9 Å². The first-order valence-electron chi connectivity index (χ1n) is 53.1. The second-order valence-electron chi connectivity index (χ2n) is 46.0. The maximum Gasteiger partial charge on any atom is 0.344 e. The van der Waals surface area contributed by atoms with Crippen molar-refractivity contribution in [2.24, 2.45) is 0 Å². The Morgan fingerprint density at radius 2 is 0.279 bits per heavy atom. The number of carbonyl (C=O) groups excluding carboxylic acids is 8. The third-order valence-corrected chi connectivity index (χ3v) is 23.1. The smallest absolute Gasteiger partial charge is 0.344 e. The Hall–Kier alpha value is -8.96. The van der Waals surface area contributed by atoms with Gasteiger partial charge in [-0.1, -0.05) is 233 Å². The van der Waals surface area contributed by atoms with Gasteiger partial charge in [0.1, 0.15) is 90.8 Å². The maximum atomic E-state index is 14.7. The molecule has 0 atom stereocenters. The second kappa shape index (κ2) is 59.3. The van der Waals surface area contributed by atoms with Crippen LogP contribution in [-0.4, -0.2) is 145 Å². The molecule has 1 aliphatic carbocycles. The molecule has 0 radical (unpaired) electrons. The van der Waals surface area contributed by atoms with Crippen molar-refractivity contribution in [3.63, 3.8) is 0 Å². The van der Waals surface area contributed by atoms with Crippen molar-refractivity contribution < 1.29 is 114 Å². The minimum atomic E-state index is -0.964. The molecular formula is C116H184O24. The minimum Gasteiger partial charge on any atom is -0.481 e. The van der Waals surface area contributed by atoms with Crippen LogP contribution in [0.1, 0.15) is 493 Å². The Morgan fingerprint density at radius 1 is 0.171 bits per heavy atom. The number of unbranched alkanes of at least 4 members (excludes halogenated alkanes) is 28. The zero-order chi connectivity index (χ0) is 104. The first kappa shape index (κ1) is 122. The fourth-order valence-corrected chi connectivity index (χ4v) is 17.5. The summed E-state index contributed by atoms with van der Waals surface area (Å²) < 4.78 is 106. The standard InChI is InChI=1S/C116H184O24/c1-29-33-37-41-45-49-53-57-61-81-85-65-87(95(127-75-103(119)135-111(11,12)13)69-93(85)125-73-101(117)133-109(5,6)7)82(62-58-54-50-46-42-38-34-30-2)89-67-91(99(131-79-107(123)139-115(23,24)25)71-97(89)129-77-105(121)137-113(17,18)19)84(64-60-56-52-48-44-40-36-32-4)92-68-90(98(130-78-106(122)138-114(20,21)22)72-100(92)132-80-108(124)140-116(26,27)28)83(63-59-55-51-47-43-39-35-31-3)88-66-86(81)94(126-74-102(118)134-110(8,9)10)70-96(88)128-76-104(120)136-112(14,15)16/h65-72,81-84H,29-64,73-80H2,1-28H3. The molecule has 1 aliphatic rings. The predicted molar refractivity (Wildman–Crippen MR) is 553 cm³/mol. The van der Waals surface area contributed by atoms with Crippen LogP contribution in [-0.2, 0) is 76.3 Å². The summed E-state index contributed by atoms with van der Waals surface area (Å²) >= 11 is 0. The van der Waals surface area contributed by atoms with E-state index in [0.29, 0.717) is 95.9 Å². The van der Waals surface area contributed by atoms with Crippen molar-refractivity contribution in [2.45, 2.75) is 493 Å². The second-order valence-corrected chi connectivity index (χ2v) is 46.0. The first-order chi connectivity index (χ1) is 65.6. The van der Waals surface area contributed by atoms with Gasteiger partial charge in [0.2, 0.25) is 0 Å². The number of hydrogen-bond donors (Lipinski definition) is 0. The van der Waals surface area contributed by atoms with E-state index in [4.69, 9.17) is 75.8 Å². The van der Waals surface area contributed by atoms with E-state index in [2.05, 4.69) is 27.7 Å². The van der Waals surface area contributed by atoms with Crippen LogP contribution in [0.4, 0.5) is 0 Å². The molecule has 0 saturated carbocycles. The zero-order valence-electron chi connectivity index (χ0n) is 91.8. The molecule has 0 aliphatic heterocycles. The van der Waals surface area contributed by atoms with Crippen molar-refractivity contribution in [2.75, 3.05) is 52.9 Å². The Labute approximate surface area is 842 Å². The summed E-state index contributed by atoms with van der Waals surface area (Å²) in [6.07, 6.45) is 31.4. The van der Waals surface area contributed by atoms with Crippen molar-refractivity contribution in [3.05, 3.63) is 93.0 Å². The normalized spacial score (nSPS) is 14.8. The number of esters is 8. The lowest BCUT2D eigenvalue weighted by atomic mass is 9.76. The first-order valence-corrected chi connectivity index (χ1v) is 53.1. The SMILES string of the molecule is CCCCCCCCCCC1c2cc(c(OCC(=O)OC(C)(C)C)cc2OCC(=O)OC(C)(C)C)C(CCCCCCCCCC)c2cc(c(OCC(=O)OC(C)(C)C)cc2OCC(=O)OC(C)(C)C)C(CCCCCCCCCC)c2cc(c(OCC(=O)OC(C)(C)C)cc2OCC(=O)OC(C)(C)C)C(CCCCCCCCCC)c2cc1c(OCC(=O)OC(C)(C)C)cc2OCC(=O)OC(C)(C)C. The number of ether oxygens (including phenoxy) is 16. The highest BCUT2D eigenvalue weighted by Gasteiger charge is 2.39. The van der Waals surface area contributed by atoms with Crippen molar-refractivity contribution >= 4 is 47.8 Å². The van der Waals surface area contributed by atoms with Crippen molar-refractivity contribution in [3.8, 4) is 46.0 Å². The number of benzene rings is 4. The number of rotatable bonds is 60. The predicted octanol–water partition coefficient (Wildman–Crippen LogP) is 28.4. The summed E-state index contributed by atoms with van der Waals surface area (Å²) in [4.78, 5) is 118. The molecule has 8 bridgehead atoms. The van der Waals surface area contributed by atoms with Gasteiger partial charge in [0.15, 0.2) is 52.9 Å². The molecule has 24 nitrogen and oxygen atoms in total. The Morgan fingerprint density at radius 3 is 0.386 bits per heavy atom. The molecule has 4 aromatic carbocycles. The van der Waals surface area contributed by atoms with Crippen LogP contribution in [0.15, 0.2) is 48.5 Å². The van der Waals surface area contributed by atoms with Crippen LogP contribution in [0.3, 0.4) is 0 Å². The lowest BCUT2D eigenvalue weighted by Crippen LogP contribution is -2.28. The third-order valence-electron chi connectivity index (χ3n) is 23.1. The largest absolute Gasteiger partial charge is 0.481 e. The topological polar surface area (TPSA) is 284 Å². The summed E-state index contributed by atoms with van der Waals surface area (Å²) in [5.41, 5.74) is -3.63. The molecular weight excluding hydrogens is 1780 g/mol. The highest BCUT2D eigenvalue weighted by molar-refractivity contribution is 5.77. The van der Waals surface area contributed by atoms with Crippen molar-refractivity contribution in [1.82, 2.24) is 0 Å². The Kier molecular flexibility index (Phi) is 51.5. The van der Waals surface area contributed by atoms with Gasteiger partial charge >= 0.3 is 47.8 Å². The van der Waals surface area contributed by atoms with E-state index < -0.39 is 169 Å². The summed E-state index contributed by atoms with van der Waals surface area (Å²) in [6, 6.07) is 15.0. The van der Waals surface area contributed by atoms with Crippen LogP contribution in [0, 0.1) is 0 Å². The molecule has 4 aromatic rings. The van der Waals surface area contributed by atoms with Gasteiger partial charge in [-0.2, -0.15) is 0 Å². The van der Waals surface area contributed by atoms with Crippen LogP contribution in [0.2, 0.25) is 0 Å². The fraction of sp³-hybridized carbons (Fsp3) is 0.724. The molecule has 0 fully saturated rings. The highest BCUT2D eigenvalue weighted by Crippen LogP contribution is 2.55. The molecule has 0 amide bonds. The van der Waals surface area contributed by atoms with Gasteiger partial charge in [0, 0.05) is 92.4 Å². The maximum absolute atomic E-state index is 14.7.